The van der Waals surface area contributed by atoms with Gasteiger partial charge >= 0.3 is 0 Å². The van der Waals surface area contributed by atoms with Crippen molar-refractivity contribution in [1.82, 2.24) is 0 Å². The number of ether oxygens (including phenoxy) is 1. The van der Waals surface area contributed by atoms with Crippen LogP contribution in [0, 0.1) is 0 Å². The van der Waals surface area contributed by atoms with Gasteiger partial charge in [-0.3, -0.25) is 9.59 Å². The number of carbonyl (C=O) groups is 2. The molecule has 120 valence electrons. The van der Waals surface area contributed by atoms with Crippen LogP contribution in [-0.2, 0) is 15.9 Å². The van der Waals surface area contributed by atoms with E-state index in [9.17, 15) is 9.59 Å². The van der Waals surface area contributed by atoms with Gasteiger partial charge < -0.3 is 4.74 Å². The molecule has 0 N–H and O–H groups in total. The molecule has 1 aliphatic carbocycles. The average molecular weight is 326 g/mol. The molecular formula is C22H14O3. The Bertz CT molecular complexity index is 927. The van der Waals surface area contributed by atoms with Gasteiger partial charge in [0.15, 0.2) is 11.2 Å². The van der Waals surface area contributed by atoms with Crippen LogP contribution in [0.4, 0.5) is 0 Å². The standard InChI is InChI=1S/C22H14O3/c23-19-17-13-7-8-14-18(17)20(24)22(16-11-5-2-6-12-16)21(19,25-22)15-9-3-1-4-10-15/h1-14H. The summed E-state index contributed by atoms with van der Waals surface area (Å²) in [5, 5.41) is 0. The predicted molar refractivity (Wildman–Crippen MR) is 92.4 cm³/mol. The fourth-order valence-corrected chi connectivity index (χ4v) is 4.01. The Morgan fingerprint density at radius 2 is 0.880 bits per heavy atom. The average Bonchev–Trinajstić information content (AvgIpc) is 3.41. The van der Waals surface area contributed by atoms with Gasteiger partial charge in [-0.25, -0.2) is 0 Å². The normalized spacial score (nSPS) is 26.7. The summed E-state index contributed by atoms with van der Waals surface area (Å²) >= 11 is 0. The molecule has 0 spiro atoms. The summed E-state index contributed by atoms with van der Waals surface area (Å²) in [6, 6.07) is 25.6. The molecule has 0 radical (unpaired) electrons. The molecule has 3 heteroatoms. The molecule has 1 heterocycles. The van der Waals surface area contributed by atoms with Crippen molar-refractivity contribution < 1.29 is 14.3 Å². The minimum absolute atomic E-state index is 0.155. The lowest BCUT2D eigenvalue weighted by atomic mass is 9.68. The van der Waals surface area contributed by atoms with E-state index in [-0.39, 0.29) is 11.6 Å². The quantitative estimate of drug-likeness (QED) is 0.671. The van der Waals surface area contributed by atoms with Crippen molar-refractivity contribution in [1.29, 1.82) is 0 Å². The third-order valence-electron chi connectivity index (χ3n) is 5.18. The Kier molecular flexibility index (Phi) is 2.72. The summed E-state index contributed by atoms with van der Waals surface area (Å²) in [5.41, 5.74) is -0.263. The van der Waals surface area contributed by atoms with E-state index in [1.165, 1.54) is 0 Å². The number of carbonyl (C=O) groups excluding carboxylic acids is 2. The van der Waals surface area contributed by atoms with Crippen LogP contribution in [0.2, 0.25) is 0 Å². The maximum absolute atomic E-state index is 13.4. The molecule has 3 nitrogen and oxygen atoms in total. The molecule has 0 amide bonds. The maximum Gasteiger partial charge on any atom is 0.203 e. The van der Waals surface area contributed by atoms with Gasteiger partial charge in [0.2, 0.25) is 11.6 Å². The van der Waals surface area contributed by atoms with E-state index in [0.29, 0.717) is 22.3 Å². The molecule has 2 atom stereocenters. The number of hydrogen-bond donors (Lipinski definition) is 0. The molecular weight excluding hydrogens is 312 g/mol. The highest BCUT2D eigenvalue weighted by Crippen LogP contribution is 2.67. The molecule has 2 aliphatic rings. The number of hydrogen-bond acceptors (Lipinski definition) is 3. The van der Waals surface area contributed by atoms with Crippen molar-refractivity contribution in [2.75, 3.05) is 0 Å². The highest BCUT2D eigenvalue weighted by Gasteiger charge is 2.82. The molecule has 1 fully saturated rings. The lowest BCUT2D eigenvalue weighted by molar-refractivity contribution is 0.0836. The van der Waals surface area contributed by atoms with Crippen LogP contribution in [-0.4, -0.2) is 11.6 Å². The van der Waals surface area contributed by atoms with Crippen LogP contribution < -0.4 is 0 Å². The Labute approximate surface area is 144 Å². The number of Topliss-reactive ketones (excluding diaryl/α,β-unsaturated/α-hetero) is 2. The van der Waals surface area contributed by atoms with Gasteiger partial charge in [-0.1, -0.05) is 84.9 Å². The minimum Gasteiger partial charge on any atom is -0.335 e. The van der Waals surface area contributed by atoms with Crippen LogP contribution in [0.15, 0.2) is 84.9 Å². The first-order chi connectivity index (χ1) is 12.2. The number of epoxide rings is 1. The predicted octanol–water partition coefficient (Wildman–Crippen LogP) is 3.89. The smallest absolute Gasteiger partial charge is 0.203 e. The third-order valence-corrected chi connectivity index (χ3v) is 5.18. The second kappa shape index (κ2) is 4.74. The molecule has 3 aromatic carbocycles. The highest BCUT2D eigenvalue weighted by molar-refractivity contribution is 6.25. The molecule has 0 aromatic heterocycles. The number of fused-ring (bicyclic) bond motifs is 2. The van der Waals surface area contributed by atoms with Gasteiger partial charge in [-0.2, -0.15) is 0 Å². The van der Waals surface area contributed by atoms with Crippen LogP contribution in [0.25, 0.3) is 0 Å². The first kappa shape index (κ1) is 14.3. The van der Waals surface area contributed by atoms with Crippen molar-refractivity contribution in [3.8, 4) is 0 Å². The Balaban J connectivity index is 1.84. The second-order valence-electron chi connectivity index (χ2n) is 6.40. The number of ketones is 2. The number of benzene rings is 3. The van der Waals surface area contributed by atoms with Crippen LogP contribution in [0.3, 0.4) is 0 Å². The minimum atomic E-state index is -1.28. The van der Waals surface area contributed by atoms with Gasteiger partial charge in [-0.05, 0) is 11.1 Å². The van der Waals surface area contributed by atoms with Gasteiger partial charge in [0.1, 0.15) is 0 Å². The zero-order chi connectivity index (χ0) is 17.1. The zero-order valence-electron chi connectivity index (χ0n) is 13.3. The van der Waals surface area contributed by atoms with E-state index < -0.39 is 11.2 Å². The SMILES string of the molecule is O=C1c2ccccc2C(=O)C2(c3ccccc3)OC12c1ccccc1. The lowest BCUT2D eigenvalue weighted by Crippen LogP contribution is -2.41. The van der Waals surface area contributed by atoms with Gasteiger partial charge in [-0.15, -0.1) is 0 Å². The molecule has 1 aliphatic heterocycles. The third kappa shape index (κ3) is 1.58. The Morgan fingerprint density at radius 1 is 0.520 bits per heavy atom. The Morgan fingerprint density at radius 3 is 1.28 bits per heavy atom. The fraction of sp³-hybridized carbons (Fsp3) is 0.0909. The molecule has 1 saturated heterocycles. The fourth-order valence-electron chi connectivity index (χ4n) is 4.01. The molecule has 3 aromatic rings. The number of rotatable bonds is 2. The van der Waals surface area contributed by atoms with E-state index >= 15 is 0 Å². The van der Waals surface area contributed by atoms with Crippen molar-refractivity contribution in [2.45, 2.75) is 11.2 Å². The van der Waals surface area contributed by atoms with Gasteiger partial charge in [0.05, 0.1) is 0 Å². The van der Waals surface area contributed by atoms with Crippen LogP contribution in [0.5, 0.6) is 0 Å². The van der Waals surface area contributed by atoms with E-state index in [1.807, 2.05) is 60.7 Å². The first-order valence-electron chi connectivity index (χ1n) is 8.22. The lowest BCUT2D eigenvalue weighted by Gasteiger charge is -2.25. The summed E-state index contributed by atoms with van der Waals surface area (Å²) < 4.78 is 6.13. The van der Waals surface area contributed by atoms with E-state index in [1.54, 1.807) is 24.3 Å². The van der Waals surface area contributed by atoms with E-state index in [2.05, 4.69) is 0 Å². The molecule has 5 rings (SSSR count). The topological polar surface area (TPSA) is 46.7 Å². The monoisotopic (exact) mass is 326 g/mol. The highest BCUT2D eigenvalue weighted by atomic mass is 16.6. The molecule has 2 unspecified atom stereocenters. The molecule has 0 bridgehead atoms. The zero-order valence-corrected chi connectivity index (χ0v) is 13.3. The van der Waals surface area contributed by atoms with Crippen molar-refractivity contribution in [3.63, 3.8) is 0 Å². The van der Waals surface area contributed by atoms with Crippen molar-refractivity contribution in [2.24, 2.45) is 0 Å². The van der Waals surface area contributed by atoms with Crippen molar-refractivity contribution in [3.05, 3.63) is 107 Å². The second-order valence-corrected chi connectivity index (χ2v) is 6.40. The summed E-state index contributed by atoms with van der Waals surface area (Å²) in [6.07, 6.45) is 0. The van der Waals surface area contributed by atoms with E-state index in [0.717, 1.165) is 0 Å². The molecule has 25 heavy (non-hydrogen) atoms. The van der Waals surface area contributed by atoms with Crippen LogP contribution in [0.1, 0.15) is 31.8 Å². The maximum atomic E-state index is 13.4. The first-order valence-corrected chi connectivity index (χ1v) is 8.22. The van der Waals surface area contributed by atoms with Crippen LogP contribution >= 0.6 is 0 Å². The summed E-state index contributed by atoms with van der Waals surface area (Å²) in [4.78, 5) is 26.9. The largest absolute Gasteiger partial charge is 0.335 e. The Hall–Kier alpha value is -3.04. The van der Waals surface area contributed by atoms with Gasteiger partial charge in [0, 0.05) is 11.1 Å². The van der Waals surface area contributed by atoms with E-state index in [4.69, 9.17) is 4.74 Å². The summed E-state index contributed by atoms with van der Waals surface area (Å²) in [6.45, 7) is 0. The molecule has 0 saturated carbocycles. The van der Waals surface area contributed by atoms with Crippen molar-refractivity contribution >= 4 is 11.6 Å². The summed E-state index contributed by atoms with van der Waals surface area (Å²) in [5.74, 6) is -0.310. The van der Waals surface area contributed by atoms with Gasteiger partial charge in [0.25, 0.3) is 0 Å². The summed E-state index contributed by atoms with van der Waals surface area (Å²) in [7, 11) is 0.